The first-order chi connectivity index (χ1) is 11.7. The molecule has 5 nitrogen and oxygen atoms in total. The number of aryl methyl sites for hydroxylation is 1. The van der Waals surface area contributed by atoms with Crippen LogP contribution in [0.2, 0.25) is 0 Å². The van der Waals surface area contributed by atoms with E-state index in [1.165, 1.54) is 16.0 Å². The average molecular weight is 344 g/mol. The summed E-state index contributed by atoms with van der Waals surface area (Å²) >= 11 is 1.76. The number of aromatic nitrogens is 1. The minimum absolute atomic E-state index is 0.597. The predicted octanol–water partition coefficient (Wildman–Crippen LogP) is 2.99. The van der Waals surface area contributed by atoms with Gasteiger partial charge in [0.25, 0.3) is 0 Å². The Balaban J connectivity index is 1.96. The van der Waals surface area contributed by atoms with E-state index < -0.39 is 0 Å². The van der Waals surface area contributed by atoms with Crippen molar-refractivity contribution in [2.45, 2.75) is 24.9 Å². The van der Waals surface area contributed by atoms with Gasteiger partial charge in [-0.15, -0.1) is 11.8 Å². The van der Waals surface area contributed by atoms with Crippen LogP contribution in [0.5, 0.6) is 5.88 Å². The molecule has 0 amide bonds. The number of thioether (sulfide) groups is 1. The molecule has 0 radical (unpaired) electrons. The van der Waals surface area contributed by atoms with Crippen molar-refractivity contribution in [1.29, 1.82) is 0 Å². The molecule has 0 unspecified atom stereocenters. The second-order valence-electron chi connectivity index (χ2n) is 5.27. The Hall–Kier alpha value is -2.21. The summed E-state index contributed by atoms with van der Waals surface area (Å²) in [6, 6.07) is 10.4. The first-order valence-corrected chi connectivity index (χ1v) is 8.96. The van der Waals surface area contributed by atoms with E-state index in [-0.39, 0.29) is 0 Å². The number of ether oxygens (including phenoxy) is 1. The van der Waals surface area contributed by atoms with Gasteiger partial charge in [-0.1, -0.05) is 18.2 Å². The molecule has 0 aliphatic rings. The number of rotatable bonds is 6. The number of nitrogens with zero attached hydrogens (tertiary/aromatic N) is 2. The molecule has 0 spiro atoms. The third-order valence-corrected chi connectivity index (χ3v) is 4.42. The quantitative estimate of drug-likeness (QED) is 0.479. The van der Waals surface area contributed by atoms with Crippen LogP contribution >= 0.6 is 11.8 Å². The first-order valence-electron chi connectivity index (χ1n) is 7.73. The lowest BCUT2D eigenvalue weighted by Gasteiger charge is -2.14. The number of benzene rings is 1. The Morgan fingerprint density at radius 2 is 1.96 bits per heavy atom. The third-order valence-electron chi connectivity index (χ3n) is 3.60. The van der Waals surface area contributed by atoms with Crippen molar-refractivity contribution in [3.05, 3.63) is 53.2 Å². The van der Waals surface area contributed by atoms with Crippen molar-refractivity contribution >= 4 is 17.7 Å². The lowest BCUT2D eigenvalue weighted by Crippen LogP contribution is -2.36. The zero-order valence-corrected chi connectivity index (χ0v) is 15.4. The normalized spacial score (nSPS) is 11.2. The van der Waals surface area contributed by atoms with Crippen LogP contribution in [-0.4, -0.2) is 31.4 Å². The van der Waals surface area contributed by atoms with Gasteiger partial charge in [0.2, 0.25) is 5.88 Å². The summed E-state index contributed by atoms with van der Waals surface area (Å²) in [7, 11) is 3.39. The van der Waals surface area contributed by atoms with Gasteiger partial charge in [0.1, 0.15) is 0 Å². The summed E-state index contributed by atoms with van der Waals surface area (Å²) in [5, 5.41) is 6.64. The van der Waals surface area contributed by atoms with Crippen molar-refractivity contribution in [2.24, 2.45) is 4.99 Å². The summed E-state index contributed by atoms with van der Waals surface area (Å²) in [6.07, 6.45) is 3.82. The minimum atomic E-state index is 0.597. The molecule has 1 heterocycles. The van der Waals surface area contributed by atoms with Gasteiger partial charge in [0.05, 0.1) is 7.11 Å². The van der Waals surface area contributed by atoms with Crippen LogP contribution in [0.25, 0.3) is 0 Å². The fraction of sp³-hybridized carbons (Fsp3) is 0.333. The molecular formula is C18H24N4OS. The molecule has 0 saturated heterocycles. The van der Waals surface area contributed by atoms with E-state index >= 15 is 0 Å². The lowest BCUT2D eigenvalue weighted by molar-refractivity contribution is 0.392. The Morgan fingerprint density at radius 1 is 1.21 bits per heavy atom. The zero-order chi connectivity index (χ0) is 17.4. The maximum Gasteiger partial charge on any atom is 0.218 e. The standard InChI is InChI=1S/C18H24N4OS/c1-13-7-8-14(16(10-13)24-4)11-21-18(19-2)22-12-15-6-5-9-20-17(15)23-3/h5-10H,11-12H2,1-4H3,(H2,19,21,22). The van der Waals surface area contributed by atoms with Crippen molar-refractivity contribution in [1.82, 2.24) is 15.6 Å². The highest BCUT2D eigenvalue weighted by Crippen LogP contribution is 2.21. The zero-order valence-electron chi connectivity index (χ0n) is 14.6. The Bertz CT molecular complexity index is 703. The maximum absolute atomic E-state index is 5.27. The molecule has 0 saturated carbocycles. The summed E-state index contributed by atoms with van der Waals surface area (Å²) in [5.74, 6) is 1.37. The molecule has 0 bridgehead atoms. The predicted molar refractivity (Wildman–Crippen MR) is 101 cm³/mol. The molecule has 2 rings (SSSR count). The monoisotopic (exact) mass is 344 g/mol. The van der Waals surface area contributed by atoms with Crippen LogP contribution in [0, 0.1) is 6.92 Å². The van der Waals surface area contributed by atoms with Crippen molar-refractivity contribution in [3.63, 3.8) is 0 Å². The Kier molecular flexibility index (Phi) is 6.93. The molecule has 6 heteroatoms. The van der Waals surface area contributed by atoms with E-state index in [1.54, 1.807) is 32.1 Å². The van der Waals surface area contributed by atoms with Crippen LogP contribution in [0.4, 0.5) is 0 Å². The van der Waals surface area contributed by atoms with Crippen LogP contribution in [0.3, 0.4) is 0 Å². The topological polar surface area (TPSA) is 58.5 Å². The molecule has 2 aromatic rings. The van der Waals surface area contributed by atoms with E-state index in [2.05, 4.69) is 52.0 Å². The van der Waals surface area contributed by atoms with Crippen LogP contribution < -0.4 is 15.4 Å². The molecule has 0 aliphatic heterocycles. The van der Waals surface area contributed by atoms with Gasteiger partial charge in [-0.05, 0) is 36.4 Å². The molecule has 0 fully saturated rings. The van der Waals surface area contributed by atoms with Crippen molar-refractivity contribution < 1.29 is 4.74 Å². The van der Waals surface area contributed by atoms with Gasteiger partial charge in [-0.25, -0.2) is 4.98 Å². The van der Waals surface area contributed by atoms with E-state index in [9.17, 15) is 0 Å². The SMILES string of the molecule is CN=C(NCc1ccc(C)cc1SC)NCc1cccnc1OC. The molecule has 0 aliphatic carbocycles. The van der Waals surface area contributed by atoms with Crippen molar-refractivity contribution in [2.75, 3.05) is 20.4 Å². The summed E-state index contributed by atoms with van der Waals surface area (Å²) in [5.41, 5.74) is 3.52. The first kappa shape index (κ1) is 18.1. The minimum Gasteiger partial charge on any atom is -0.481 e. The molecule has 24 heavy (non-hydrogen) atoms. The Morgan fingerprint density at radius 3 is 2.62 bits per heavy atom. The lowest BCUT2D eigenvalue weighted by atomic mass is 10.1. The number of guanidine groups is 1. The second-order valence-corrected chi connectivity index (χ2v) is 6.11. The van der Waals surface area contributed by atoms with Gasteiger partial charge in [0.15, 0.2) is 5.96 Å². The summed E-state index contributed by atoms with van der Waals surface area (Å²) in [4.78, 5) is 9.76. The molecule has 0 atom stereocenters. The van der Waals surface area contributed by atoms with Gasteiger partial charge in [-0.2, -0.15) is 0 Å². The number of aliphatic imine (C=N–C) groups is 1. The smallest absolute Gasteiger partial charge is 0.218 e. The Labute approximate surface area is 147 Å². The second kappa shape index (κ2) is 9.17. The van der Waals surface area contributed by atoms with Gasteiger partial charge in [-0.3, -0.25) is 4.99 Å². The van der Waals surface area contributed by atoms with E-state index in [4.69, 9.17) is 4.74 Å². The number of hydrogen-bond donors (Lipinski definition) is 2. The average Bonchev–Trinajstić information content (AvgIpc) is 2.62. The summed E-state index contributed by atoms with van der Waals surface area (Å²) < 4.78 is 5.27. The van der Waals surface area contributed by atoms with Gasteiger partial charge < -0.3 is 15.4 Å². The number of pyridine rings is 1. The maximum atomic E-state index is 5.27. The molecule has 1 aromatic carbocycles. The van der Waals surface area contributed by atoms with E-state index in [0.717, 1.165) is 18.1 Å². The van der Waals surface area contributed by atoms with E-state index in [0.29, 0.717) is 12.4 Å². The molecular weight excluding hydrogens is 320 g/mol. The third kappa shape index (κ3) is 4.89. The number of methoxy groups -OCH3 is 1. The molecule has 1 aromatic heterocycles. The van der Waals surface area contributed by atoms with Gasteiger partial charge in [0, 0.05) is 36.8 Å². The number of hydrogen-bond acceptors (Lipinski definition) is 4. The van der Waals surface area contributed by atoms with E-state index in [1.807, 2.05) is 12.1 Å². The largest absolute Gasteiger partial charge is 0.481 e. The highest BCUT2D eigenvalue weighted by Gasteiger charge is 2.06. The summed E-state index contributed by atoms with van der Waals surface area (Å²) in [6.45, 7) is 3.43. The van der Waals surface area contributed by atoms with Crippen molar-refractivity contribution in [3.8, 4) is 5.88 Å². The fourth-order valence-electron chi connectivity index (χ4n) is 2.32. The highest BCUT2D eigenvalue weighted by molar-refractivity contribution is 7.98. The molecule has 128 valence electrons. The van der Waals surface area contributed by atoms with Crippen LogP contribution in [0.15, 0.2) is 46.4 Å². The van der Waals surface area contributed by atoms with Gasteiger partial charge >= 0.3 is 0 Å². The van der Waals surface area contributed by atoms with Crippen LogP contribution in [0.1, 0.15) is 16.7 Å². The fourth-order valence-corrected chi connectivity index (χ4v) is 3.02. The molecule has 2 N–H and O–H groups in total. The highest BCUT2D eigenvalue weighted by atomic mass is 32.2. The van der Waals surface area contributed by atoms with Crippen LogP contribution in [-0.2, 0) is 13.1 Å². The number of nitrogens with one attached hydrogen (secondary N) is 2.